The maximum atomic E-state index is 11.9. The highest BCUT2D eigenvalue weighted by molar-refractivity contribution is 7.90. The van der Waals surface area contributed by atoms with Gasteiger partial charge in [0.25, 0.3) is 5.91 Å². The first-order valence-corrected chi connectivity index (χ1v) is 8.14. The standard InChI is InChI=1S/C14H18N2O3S/c1-11-8-12(4-3-5-15)10-13(9-11)14(17)16-6-7-20(2,18)19/h8-10H,5-7,15H2,1-2H3,(H,16,17). The van der Waals surface area contributed by atoms with E-state index in [0.717, 1.165) is 11.8 Å². The third kappa shape index (κ3) is 5.87. The number of nitrogens with two attached hydrogens (primary N) is 1. The van der Waals surface area contributed by atoms with Gasteiger partial charge in [-0.3, -0.25) is 4.79 Å². The predicted molar refractivity (Wildman–Crippen MR) is 79.2 cm³/mol. The first-order valence-electron chi connectivity index (χ1n) is 6.08. The van der Waals surface area contributed by atoms with Gasteiger partial charge in [0.05, 0.1) is 12.3 Å². The van der Waals surface area contributed by atoms with Gasteiger partial charge in [0.1, 0.15) is 9.84 Å². The van der Waals surface area contributed by atoms with Crippen molar-refractivity contribution < 1.29 is 13.2 Å². The number of nitrogens with one attached hydrogen (secondary N) is 1. The van der Waals surface area contributed by atoms with E-state index < -0.39 is 9.84 Å². The van der Waals surface area contributed by atoms with E-state index in [1.54, 1.807) is 12.1 Å². The number of carbonyl (C=O) groups excluding carboxylic acids is 1. The number of carbonyl (C=O) groups is 1. The van der Waals surface area contributed by atoms with Crippen molar-refractivity contribution in [2.75, 3.05) is 25.1 Å². The summed E-state index contributed by atoms with van der Waals surface area (Å²) in [5.41, 5.74) is 7.38. The minimum absolute atomic E-state index is 0.0790. The van der Waals surface area contributed by atoms with E-state index in [1.807, 2.05) is 13.0 Å². The van der Waals surface area contributed by atoms with Crippen LogP contribution in [0.25, 0.3) is 0 Å². The van der Waals surface area contributed by atoms with Crippen LogP contribution in [0.1, 0.15) is 21.5 Å². The van der Waals surface area contributed by atoms with Crippen LogP contribution in [0.15, 0.2) is 18.2 Å². The van der Waals surface area contributed by atoms with Gasteiger partial charge in [0.2, 0.25) is 0 Å². The van der Waals surface area contributed by atoms with Gasteiger partial charge in [-0.1, -0.05) is 11.8 Å². The van der Waals surface area contributed by atoms with Crippen molar-refractivity contribution in [1.82, 2.24) is 5.32 Å². The molecule has 1 amide bonds. The van der Waals surface area contributed by atoms with Crippen molar-refractivity contribution in [3.8, 4) is 11.8 Å². The highest BCUT2D eigenvalue weighted by Crippen LogP contribution is 2.09. The lowest BCUT2D eigenvalue weighted by atomic mass is 10.1. The molecule has 6 heteroatoms. The second kappa shape index (κ2) is 7.08. The van der Waals surface area contributed by atoms with Crippen LogP contribution in [0, 0.1) is 18.8 Å². The van der Waals surface area contributed by atoms with Gasteiger partial charge in [0, 0.05) is 23.9 Å². The number of sulfone groups is 1. The Morgan fingerprint density at radius 1 is 1.35 bits per heavy atom. The number of amides is 1. The van der Waals surface area contributed by atoms with Crippen molar-refractivity contribution in [3.05, 3.63) is 34.9 Å². The molecule has 1 aromatic rings. The number of benzene rings is 1. The molecule has 0 heterocycles. The van der Waals surface area contributed by atoms with Crippen LogP contribution in [0.3, 0.4) is 0 Å². The second-order valence-corrected chi connectivity index (χ2v) is 6.74. The molecule has 0 aromatic heterocycles. The molecule has 1 rings (SSSR count). The summed E-state index contributed by atoms with van der Waals surface area (Å²) < 4.78 is 22.0. The summed E-state index contributed by atoms with van der Waals surface area (Å²) in [6.07, 6.45) is 1.13. The normalized spacial score (nSPS) is 10.6. The van der Waals surface area contributed by atoms with Crippen LogP contribution in [-0.2, 0) is 9.84 Å². The number of hydrogen-bond acceptors (Lipinski definition) is 4. The third-order valence-electron chi connectivity index (χ3n) is 2.43. The molecule has 0 atom stereocenters. The Balaban J connectivity index is 2.80. The van der Waals surface area contributed by atoms with E-state index in [4.69, 9.17) is 5.73 Å². The summed E-state index contributed by atoms with van der Waals surface area (Å²) in [6.45, 7) is 2.21. The summed E-state index contributed by atoms with van der Waals surface area (Å²) in [4.78, 5) is 11.9. The molecule has 0 aliphatic rings. The van der Waals surface area contributed by atoms with E-state index in [2.05, 4.69) is 17.2 Å². The number of hydrogen-bond donors (Lipinski definition) is 2. The minimum Gasteiger partial charge on any atom is -0.351 e. The first-order chi connectivity index (χ1) is 9.31. The molecule has 20 heavy (non-hydrogen) atoms. The molecule has 3 N–H and O–H groups in total. The lowest BCUT2D eigenvalue weighted by molar-refractivity contribution is 0.0956. The van der Waals surface area contributed by atoms with Crippen molar-refractivity contribution in [1.29, 1.82) is 0 Å². The maximum Gasteiger partial charge on any atom is 0.251 e. The van der Waals surface area contributed by atoms with E-state index >= 15 is 0 Å². The van der Waals surface area contributed by atoms with E-state index in [-0.39, 0.29) is 24.7 Å². The fourth-order valence-electron chi connectivity index (χ4n) is 1.59. The van der Waals surface area contributed by atoms with Gasteiger partial charge in [0.15, 0.2) is 0 Å². The van der Waals surface area contributed by atoms with E-state index in [0.29, 0.717) is 11.1 Å². The van der Waals surface area contributed by atoms with Crippen LogP contribution < -0.4 is 11.1 Å². The van der Waals surface area contributed by atoms with Crippen molar-refractivity contribution >= 4 is 15.7 Å². The van der Waals surface area contributed by atoms with Crippen LogP contribution in [-0.4, -0.2) is 39.4 Å². The predicted octanol–water partition coefficient (Wildman–Crippen LogP) is 0.0796. The molecular formula is C14H18N2O3S. The van der Waals surface area contributed by atoms with Gasteiger partial charge >= 0.3 is 0 Å². The topological polar surface area (TPSA) is 89.3 Å². The second-order valence-electron chi connectivity index (χ2n) is 4.48. The Morgan fingerprint density at radius 3 is 2.65 bits per heavy atom. The maximum absolute atomic E-state index is 11.9. The zero-order valence-electron chi connectivity index (χ0n) is 11.6. The molecule has 1 aromatic carbocycles. The summed E-state index contributed by atoms with van der Waals surface area (Å²) in [7, 11) is -3.08. The lowest BCUT2D eigenvalue weighted by Gasteiger charge is -2.06. The quantitative estimate of drug-likeness (QED) is 0.770. The average molecular weight is 294 g/mol. The Bertz CT molecular complexity index is 655. The molecule has 0 aliphatic heterocycles. The molecule has 108 valence electrons. The highest BCUT2D eigenvalue weighted by atomic mass is 32.2. The molecule has 0 unspecified atom stereocenters. The minimum atomic E-state index is -3.08. The zero-order chi connectivity index (χ0) is 15.2. The Kier molecular flexibility index (Phi) is 5.74. The van der Waals surface area contributed by atoms with Gasteiger partial charge in [-0.05, 0) is 30.7 Å². The SMILES string of the molecule is Cc1cc(C#CCN)cc(C(=O)NCCS(C)(=O)=O)c1. The monoisotopic (exact) mass is 294 g/mol. The molecule has 0 aliphatic carbocycles. The summed E-state index contributed by atoms with van der Waals surface area (Å²) >= 11 is 0. The van der Waals surface area contributed by atoms with Crippen molar-refractivity contribution in [2.24, 2.45) is 5.73 Å². The molecule has 0 radical (unpaired) electrons. The van der Waals surface area contributed by atoms with Crippen LogP contribution in [0.4, 0.5) is 0 Å². The van der Waals surface area contributed by atoms with Gasteiger partial charge in [-0.25, -0.2) is 8.42 Å². The van der Waals surface area contributed by atoms with E-state index in [9.17, 15) is 13.2 Å². The van der Waals surface area contributed by atoms with Gasteiger partial charge in [-0.15, -0.1) is 0 Å². The van der Waals surface area contributed by atoms with E-state index in [1.165, 1.54) is 0 Å². The van der Waals surface area contributed by atoms with Crippen molar-refractivity contribution in [2.45, 2.75) is 6.92 Å². The highest BCUT2D eigenvalue weighted by Gasteiger charge is 2.08. The Hall–Kier alpha value is -1.84. The molecule has 0 spiro atoms. The molecule has 0 saturated carbocycles. The van der Waals surface area contributed by atoms with Crippen LogP contribution >= 0.6 is 0 Å². The zero-order valence-corrected chi connectivity index (χ0v) is 12.4. The number of rotatable bonds is 4. The van der Waals surface area contributed by atoms with Crippen LogP contribution in [0.5, 0.6) is 0 Å². The smallest absolute Gasteiger partial charge is 0.251 e. The molecule has 0 fully saturated rings. The summed E-state index contributed by atoms with van der Waals surface area (Å²) in [5, 5.41) is 2.58. The average Bonchev–Trinajstić information content (AvgIpc) is 2.34. The fourth-order valence-corrected chi connectivity index (χ4v) is 2.06. The molecule has 5 nitrogen and oxygen atoms in total. The summed E-state index contributed by atoms with van der Waals surface area (Å²) in [6, 6.07) is 5.24. The first kappa shape index (κ1) is 16.2. The largest absolute Gasteiger partial charge is 0.351 e. The number of aryl methyl sites for hydroxylation is 1. The Morgan fingerprint density at radius 2 is 2.05 bits per heavy atom. The lowest BCUT2D eigenvalue weighted by Crippen LogP contribution is -2.28. The summed E-state index contributed by atoms with van der Waals surface area (Å²) in [5.74, 6) is 5.21. The Labute approximate surface area is 119 Å². The fraction of sp³-hybridized carbons (Fsp3) is 0.357. The molecule has 0 saturated heterocycles. The van der Waals surface area contributed by atoms with Gasteiger partial charge < -0.3 is 11.1 Å². The van der Waals surface area contributed by atoms with Crippen molar-refractivity contribution in [3.63, 3.8) is 0 Å². The molecular weight excluding hydrogens is 276 g/mol. The molecule has 0 bridgehead atoms. The third-order valence-corrected chi connectivity index (χ3v) is 3.38. The van der Waals surface area contributed by atoms with Gasteiger partial charge in [-0.2, -0.15) is 0 Å². The van der Waals surface area contributed by atoms with Crippen LogP contribution in [0.2, 0.25) is 0 Å².